The predicted molar refractivity (Wildman–Crippen MR) is 141 cm³/mol. The summed E-state index contributed by atoms with van der Waals surface area (Å²) < 4.78 is 12.0. The summed E-state index contributed by atoms with van der Waals surface area (Å²) in [5.41, 5.74) is 4.66. The summed E-state index contributed by atoms with van der Waals surface area (Å²) >= 11 is 0. The van der Waals surface area contributed by atoms with Gasteiger partial charge < -0.3 is 19.5 Å². The Morgan fingerprint density at radius 3 is 2.22 bits per heavy atom. The number of carboxylic acid groups (broad SMARTS) is 1. The smallest absolute Gasteiger partial charge is 0.305 e. The number of Topliss-reactive ketones (excluding diaryl/α,β-unsaturated/α-hetero) is 2. The fraction of sp³-hybridized carbons (Fsp3) is 0.433. The minimum Gasteiger partial charge on any atom is -0.490 e. The van der Waals surface area contributed by atoms with Gasteiger partial charge in [-0.25, -0.2) is 0 Å². The van der Waals surface area contributed by atoms with Gasteiger partial charge in [-0.1, -0.05) is 24.8 Å². The first kappa shape index (κ1) is 26.5. The lowest BCUT2D eigenvalue weighted by Gasteiger charge is -2.44. The standard InChI is InChI=1S/C30H35NO6/c1-4-9-19-17-20(18-25(36-6-3)30(19)37-16-5-2)27-28-21(10-7-12-23(28)32)31(15-14-26(34)35)22-11-8-13-24(33)29(22)27/h4-5,17-18,27H,1-2,6-16H2,3H3,(H,34,35). The Morgan fingerprint density at radius 1 is 1.03 bits per heavy atom. The van der Waals surface area contributed by atoms with Crippen LogP contribution in [0.5, 0.6) is 11.5 Å². The van der Waals surface area contributed by atoms with Gasteiger partial charge in [0.15, 0.2) is 23.1 Å². The molecule has 0 spiro atoms. The van der Waals surface area contributed by atoms with E-state index in [-0.39, 0.29) is 24.5 Å². The molecule has 196 valence electrons. The molecule has 0 unspecified atom stereocenters. The Bertz CT molecular complexity index is 1150. The van der Waals surface area contributed by atoms with Crippen LogP contribution in [-0.2, 0) is 20.8 Å². The number of aliphatic carboxylic acids is 1. The van der Waals surface area contributed by atoms with Crippen molar-refractivity contribution < 1.29 is 29.0 Å². The first-order chi connectivity index (χ1) is 17.9. The topological polar surface area (TPSA) is 93.1 Å². The predicted octanol–water partition coefficient (Wildman–Crippen LogP) is 5.27. The molecule has 1 aliphatic heterocycles. The molecule has 3 aliphatic rings. The molecule has 1 N–H and O–H groups in total. The Morgan fingerprint density at radius 2 is 1.68 bits per heavy atom. The quantitative estimate of drug-likeness (QED) is 0.410. The molecule has 0 aromatic heterocycles. The molecule has 7 heteroatoms. The van der Waals surface area contributed by atoms with Crippen molar-refractivity contribution in [1.29, 1.82) is 0 Å². The molecular weight excluding hydrogens is 470 g/mol. The van der Waals surface area contributed by atoms with E-state index in [2.05, 4.69) is 13.2 Å². The number of carbonyl (C=O) groups excluding carboxylic acids is 2. The van der Waals surface area contributed by atoms with Crippen molar-refractivity contribution in [2.24, 2.45) is 0 Å². The molecule has 7 nitrogen and oxygen atoms in total. The summed E-state index contributed by atoms with van der Waals surface area (Å²) in [6.45, 7) is 10.5. The van der Waals surface area contributed by atoms with Crippen molar-refractivity contribution >= 4 is 17.5 Å². The van der Waals surface area contributed by atoms with E-state index >= 15 is 0 Å². The minimum atomic E-state index is -0.902. The number of benzene rings is 1. The van der Waals surface area contributed by atoms with Crippen molar-refractivity contribution in [1.82, 2.24) is 4.90 Å². The maximum atomic E-state index is 13.5. The zero-order valence-corrected chi connectivity index (χ0v) is 21.5. The molecule has 0 amide bonds. The highest BCUT2D eigenvalue weighted by molar-refractivity contribution is 6.06. The average molecular weight is 506 g/mol. The monoisotopic (exact) mass is 505 g/mol. The summed E-state index contributed by atoms with van der Waals surface area (Å²) in [5, 5.41) is 9.39. The number of rotatable bonds is 11. The Kier molecular flexibility index (Phi) is 8.31. The number of ether oxygens (including phenoxy) is 2. The van der Waals surface area contributed by atoms with Gasteiger partial charge in [-0.3, -0.25) is 14.4 Å². The van der Waals surface area contributed by atoms with Crippen molar-refractivity contribution in [2.45, 2.75) is 64.2 Å². The first-order valence-corrected chi connectivity index (χ1v) is 13.1. The minimum absolute atomic E-state index is 0.0201. The molecule has 0 saturated carbocycles. The average Bonchev–Trinajstić information content (AvgIpc) is 2.87. The first-order valence-electron chi connectivity index (χ1n) is 13.1. The molecule has 4 rings (SSSR count). The van der Waals surface area contributed by atoms with E-state index in [1.807, 2.05) is 24.0 Å². The maximum absolute atomic E-state index is 13.5. The van der Waals surface area contributed by atoms with Crippen LogP contribution >= 0.6 is 0 Å². The molecule has 2 aliphatic carbocycles. The van der Waals surface area contributed by atoms with Crippen LogP contribution in [0.25, 0.3) is 0 Å². The number of carboxylic acids is 1. The lowest BCUT2D eigenvalue weighted by molar-refractivity contribution is -0.137. The van der Waals surface area contributed by atoms with Crippen molar-refractivity contribution in [2.75, 3.05) is 19.8 Å². The van der Waals surface area contributed by atoms with E-state index in [9.17, 15) is 19.5 Å². The fourth-order valence-corrected chi connectivity index (χ4v) is 5.75. The summed E-state index contributed by atoms with van der Waals surface area (Å²) in [5.74, 6) is -0.206. The third-order valence-electron chi connectivity index (χ3n) is 7.13. The van der Waals surface area contributed by atoms with Gasteiger partial charge in [0.1, 0.15) is 6.61 Å². The van der Waals surface area contributed by atoms with Gasteiger partial charge in [-0.15, -0.1) is 6.58 Å². The van der Waals surface area contributed by atoms with Crippen LogP contribution in [0.3, 0.4) is 0 Å². The third kappa shape index (κ3) is 5.26. The number of allylic oxidation sites excluding steroid dienone is 5. The molecule has 0 radical (unpaired) electrons. The molecule has 1 aromatic carbocycles. The summed E-state index contributed by atoms with van der Waals surface area (Å²) in [6, 6.07) is 3.89. The highest BCUT2D eigenvalue weighted by Crippen LogP contribution is 2.50. The summed E-state index contributed by atoms with van der Waals surface area (Å²) in [6.07, 6.45) is 7.54. The fourth-order valence-electron chi connectivity index (χ4n) is 5.75. The molecular formula is C30H35NO6. The van der Waals surface area contributed by atoms with Gasteiger partial charge in [0, 0.05) is 53.4 Å². The number of carbonyl (C=O) groups is 3. The number of hydrogen-bond donors (Lipinski definition) is 1. The van der Waals surface area contributed by atoms with Crippen LogP contribution in [0.4, 0.5) is 0 Å². The summed E-state index contributed by atoms with van der Waals surface area (Å²) in [4.78, 5) is 40.4. The third-order valence-corrected chi connectivity index (χ3v) is 7.13. The number of ketones is 2. The molecule has 1 heterocycles. The second-order valence-corrected chi connectivity index (χ2v) is 9.54. The molecule has 0 saturated heterocycles. The van der Waals surface area contributed by atoms with Crippen LogP contribution < -0.4 is 9.47 Å². The molecule has 0 bridgehead atoms. The van der Waals surface area contributed by atoms with Crippen molar-refractivity contribution in [3.05, 3.63) is 71.1 Å². The van der Waals surface area contributed by atoms with Crippen molar-refractivity contribution in [3.8, 4) is 11.5 Å². The van der Waals surface area contributed by atoms with Gasteiger partial charge in [0.25, 0.3) is 0 Å². The lowest BCUT2D eigenvalue weighted by atomic mass is 9.70. The maximum Gasteiger partial charge on any atom is 0.305 e. The largest absolute Gasteiger partial charge is 0.490 e. The van der Waals surface area contributed by atoms with E-state index in [0.717, 1.165) is 22.5 Å². The Balaban J connectivity index is 1.95. The van der Waals surface area contributed by atoms with Crippen molar-refractivity contribution in [3.63, 3.8) is 0 Å². The Hall–Kier alpha value is -3.61. The van der Waals surface area contributed by atoms with Gasteiger partial charge >= 0.3 is 5.97 Å². The molecule has 0 atom stereocenters. The second kappa shape index (κ2) is 11.6. The van der Waals surface area contributed by atoms with Gasteiger partial charge in [0.05, 0.1) is 13.0 Å². The van der Waals surface area contributed by atoms with Crippen LogP contribution in [0.15, 0.2) is 60.0 Å². The van der Waals surface area contributed by atoms with Gasteiger partial charge in [-0.05, 0) is 50.7 Å². The Labute approximate surface area is 218 Å². The zero-order chi connectivity index (χ0) is 26.5. The van der Waals surface area contributed by atoms with Gasteiger partial charge in [-0.2, -0.15) is 0 Å². The number of nitrogens with zero attached hydrogens (tertiary/aromatic N) is 1. The molecule has 37 heavy (non-hydrogen) atoms. The van der Waals surface area contributed by atoms with Gasteiger partial charge in [0.2, 0.25) is 0 Å². The molecule has 0 fully saturated rings. The number of hydrogen-bond acceptors (Lipinski definition) is 6. The van der Waals surface area contributed by atoms with Crippen LogP contribution in [0, 0.1) is 0 Å². The highest BCUT2D eigenvalue weighted by atomic mass is 16.5. The SMILES string of the molecule is C=CCOc1c(CC=C)cc(C2C3=C(CCCC3=O)N(CCC(=O)O)C3=C2C(=O)CCC3)cc1OCC. The van der Waals surface area contributed by atoms with Crippen LogP contribution in [0.2, 0.25) is 0 Å². The lowest BCUT2D eigenvalue weighted by Crippen LogP contribution is -2.40. The van der Waals surface area contributed by atoms with Crippen LogP contribution in [-0.4, -0.2) is 47.3 Å². The zero-order valence-electron chi connectivity index (χ0n) is 21.5. The van der Waals surface area contributed by atoms with E-state index in [1.165, 1.54) is 0 Å². The van der Waals surface area contributed by atoms with E-state index in [4.69, 9.17) is 9.47 Å². The highest BCUT2D eigenvalue weighted by Gasteiger charge is 2.43. The second-order valence-electron chi connectivity index (χ2n) is 9.54. The normalized spacial score (nSPS) is 17.9. The van der Waals surface area contributed by atoms with E-state index < -0.39 is 11.9 Å². The molecule has 1 aromatic rings. The van der Waals surface area contributed by atoms with Crippen LogP contribution in [0.1, 0.15) is 68.9 Å². The summed E-state index contributed by atoms with van der Waals surface area (Å²) in [7, 11) is 0. The van der Waals surface area contributed by atoms with E-state index in [0.29, 0.717) is 80.8 Å². The van der Waals surface area contributed by atoms with E-state index in [1.54, 1.807) is 12.2 Å².